The molecule has 8 aromatic rings. The summed E-state index contributed by atoms with van der Waals surface area (Å²) in [5, 5.41) is 25.2. The van der Waals surface area contributed by atoms with Gasteiger partial charge in [-0.1, -0.05) is 255 Å². The van der Waals surface area contributed by atoms with Gasteiger partial charge in [0.2, 0.25) is 6.29 Å². The smallest absolute Gasteiger partial charge is 0.366 e. The fraction of sp³-hybridized carbons (Fsp3) is 0.514. The van der Waals surface area contributed by atoms with E-state index < -0.39 is 164 Å². The van der Waals surface area contributed by atoms with E-state index in [-0.39, 0.29) is 82.1 Å². The van der Waals surface area contributed by atoms with Crippen LogP contribution in [0.15, 0.2) is 231 Å². The summed E-state index contributed by atoms with van der Waals surface area (Å²) in [7, 11) is 4.03. The minimum absolute atomic E-state index is 0.0402. The minimum Gasteiger partial charge on any atom is -0.497 e. The van der Waals surface area contributed by atoms with E-state index in [0.29, 0.717) is 50.6 Å². The summed E-state index contributed by atoms with van der Waals surface area (Å²) in [5.41, 5.74) is 6.63. The molecule has 4 heterocycles. The topological polar surface area (TPSA) is 320 Å². The molecule has 8 unspecified atom stereocenters. The molecular formula is C109H138O28. The van der Waals surface area contributed by atoms with Crippen LogP contribution in [0.2, 0.25) is 0 Å². The third-order valence-corrected chi connectivity index (χ3v) is 26.5. The Morgan fingerprint density at radius 3 is 1.19 bits per heavy atom. The highest BCUT2D eigenvalue weighted by Crippen LogP contribution is 2.49. The van der Waals surface area contributed by atoms with Crippen molar-refractivity contribution in [1.82, 2.24) is 0 Å². The predicted octanol–water partition coefficient (Wildman–Crippen LogP) is 16.3. The van der Waals surface area contributed by atoms with E-state index in [1.165, 1.54) is 35.0 Å². The summed E-state index contributed by atoms with van der Waals surface area (Å²) >= 11 is 0. The summed E-state index contributed by atoms with van der Waals surface area (Å²) in [6.07, 6.45) is -16.6. The first-order chi connectivity index (χ1) is 66.1. The van der Waals surface area contributed by atoms with Gasteiger partial charge < -0.3 is 110 Å². The van der Waals surface area contributed by atoms with Crippen molar-refractivity contribution in [1.29, 1.82) is 0 Å². The van der Waals surface area contributed by atoms with Crippen LogP contribution in [-0.2, 0) is 149 Å². The zero-order chi connectivity index (χ0) is 97.7. The third kappa shape index (κ3) is 28.8. The fourth-order valence-corrected chi connectivity index (χ4v) is 19.0. The fourth-order valence-electron chi connectivity index (χ4n) is 19.0. The molecule has 0 radical (unpaired) electrons. The monoisotopic (exact) mass is 1890 g/mol. The van der Waals surface area contributed by atoms with Gasteiger partial charge in [-0.2, -0.15) is 0 Å². The van der Waals surface area contributed by atoms with Crippen molar-refractivity contribution in [2.75, 3.05) is 41.2 Å². The normalized spacial score (nSPS) is 29.0. The van der Waals surface area contributed by atoms with E-state index in [4.69, 9.17) is 99.5 Å². The average molecular weight is 1900 g/mol. The van der Waals surface area contributed by atoms with Crippen LogP contribution < -0.4 is 14.2 Å². The molecule has 28 heteroatoms. The third-order valence-electron chi connectivity index (χ3n) is 26.5. The lowest BCUT2D eigenvalue weighted by Gasteiger charge is -2.52. The van der Waals surface area contributed by atoms with Gasteiger partial charge in [-0.3, -0.25) is 14.4 Å². The molecule has 1 aliphatic carbocycles. The highest BCUT2D eigenvalue weighted by molar-refractivity contribution is 5.79. The van der Waals surface area contributed by atoms with Gasteiger partial charge >= 0.3 is 29.8 Å². The van der Waals surface area contributed by atoms with Gasteiger partial charge in [0.1, 0.15) is 90.5 Å². The lowest BCUT2D eigenvalue weighted by atomic mass is 9.75. The highest BCUT2D eigenvalue weighted by atomic mass is 16.8. The maximum absolute atomic E-state index is 14.7. The van der Waals surface area contributed by atoms with E-state index in [2.05, 4.69) is 13.8 Å². The number of methoxy groups -OCH3 is 3. The van der Waals surface area contributed by atoms with Crippen molar-refractivity contribution in [3.63, 3.8) is 0 Å². The van der Waals surface area contributed by atoms with Crippen LogP contribution in [0.25, 0.3) is 0 Å². The summed E-state index contributed by atoms with van der Waals surface area (Å²) in [5.74, 6) is -8.15. The summed E-state index contributed by atoms with van der Waals surface area (Å²) in [6, 6.07) is 73.2. The summed E-state index contributed by atoms with van der Waals surface area (Å²) < 4.78 is 135. The first-order valence-corrected chi connectivity index (χ1v) is 47.7. The van der Waals surface area contributed by atoms with Gasteiger partial charge in [0.15, 0.2) is 6.29 Å². The van der Waals surface area contributed by atoms with Crippen LogP contribution in [0.5, 0.6) is 17.2 Å². The Hall–Kier alpha value is -10.1. The Morgan fingerprint density at radius 1 is 0.409 bits per heavy atom. The second-order valence-electron chi connectivity index (χ2n) is 36.5. The maximum Gasteiger partial charge on any atom is 0.366 e. The number of hydrogen-bond donors (Lipinski definition) is 2. The first-order valence-electron chi connectivity index (χ1n) is 47.7. The molecule has 0 spiro atoms. The number of aryl methyl sites for hydroxylation is 1. The van der Waals surface area contributed by atoms with Crippen molar-refractivity contribution >= 4 is 29.8 Å². The van der Waals surface area contributed by atoms with Gasteiger partial charge in [-0.05, 0) is 108 Å². The molecule has 5 fully saturated rings. The molecule has 28 nitrogen and oxygen atoms in total. The van der Waals surface area contributed by atoms with Crippen LogP contribution in [0.3, 0.4) is 0 Å². The zero-order valence-corrected chi connectivity index (χ0v) is 81.3. The van der Waals surface area contributed by atoms with Gasteiger partial charge in [-0.15, -0.1) is 0 Å². The molecule has 137 heavy (non-hydrogen) atoms. The van der Waals surface area contributed by atoms with Crippen molar-refractivity contribution in [2.24, 2.45) is 41.4 Å². The van der Waals surface area contributed by atoms with E-state index in [9.17, 15) is 34.2 Å². The zero-order valence-electron chi connectivity index (χ0n) is 81.3. The Morgan fingerprint density at radius 2 is 0.781 bits per heavy atom. The molecule has 8 aromatic carbocycles. The van der Waals surface area contributed by atoms with Gasteiger partial charge in [0, 0.05) is 56.8 Å². The van der Waals surface area contributed by atoms with Gasteiger partial charge in [-0.25, -0.2) is 9.59 Å². The number of hydrogen-bond acceptors (Lipinski definition) is 28. The molecule has 0 bridgehead atoms. The highest BCUT2D eigenvalue weighted by Gasteiger charge is 2.63. The van der Waals surface area contributed by atoms with Crippen LogP contribution >= 0.6 is 0 Å². The Kier molecular flexibility index (Phi) is 39.9. The molecule has 2 N–H and O–H groups in total. The lowest BCUT2D eigenvalue weighted by molar-refractivity contribution is -0.382. The average Bonchev–Trinajstić information content (AvgIpc) is 0.748. The largest absolute Gasteiger partial charge is 0.497 e. The van der Waals surface area contributed by atoms with Crippen LogP contribution in [0.4, 0.5) is 0 Å². The van der Waals surface area contributed by atoms with Crippen LogP contribution in [0.1, 0.15) is 147 Å². The number of esters is 5. The maximum atomic E-state index is 14.7. The van der Waals surface area contributed by atoms with E-state index in [1.54, 1.807) is 31.4 Å². The minimum atomic E-state index is -2.27. The van der Waals surface area contributed by atoms with E-state index in [0.717, 1.165) is 44.7 Å². The first kappa shape index (κ1) is 106. The number of carbonyl (C=O) groups excluding carboxylic acids is 5. The molecule has 4 saturated heterocycles. The predicted molar refractivity (Wildman–Crippen MR) is 505 cm³/mol. The number of aliphatic hydroxyl groups is 2. The molecule has 4 aliphatic heterocycles. The molecule has 1 saturated carbocycles. The van der Waals surface area contributed by atoms with Crippen LogP contribution in [0, 0.1) is 48.3 Å². The molecule has 0 amide bonds. The van der Waals surface area contributed by atoms with E-state index in [1.807, 2.05) is 255 Å². The molecule has 13 rings (SSSR count). The molecule has 5 aliphatic rings. The summed E-state index contributed by atoms with van der Waals surface area (Å²) in [6.45, 7) is 23.0. The van der Waals surface area contributed by atoms with Crippen LogP contribution in [-0.4, -0.2) is 203 Å². The van der Waals surface area contributed by atoms with Gasteiger partial charge in [0.05, 0.1) is 112 Å². The quantitative estimate of drug-likeness (QED) is 0.0265. The number of aliphatic hydroxyl groups excluding tert-OH is 2. The number of carbonyl (C=O) groups is 5. The SMILES string of the molecule is CC[C@@H](OC(C)=O)[C@@H](C)[C@@H]1O[C@@](O[C@@H]2C(OCc3ccccc3)[C@H](O[C@H]3C(C)C(OCc4ccccc4)[C@H](Oc4ccc(C)cc4)C[C@H]3COCc3ccccc3)OC(COCc3ccccc3)[C@@H]2O)(C(=O)OC)CC(C)[C@H]1C.CC[C@@H](OC(C)=O)[C@@H](C)[C@@H]1O[C@@](O[C@@H]2C(OCc3ccccc3)[C@H](Oc3ccc(OC)cc3)OC(COCc3ccccc3)[C@@H]2O)(C(=O)OC)CC(OC(C)=O)[C@H]1C. The Balaban J connectivity index is 0.000000258. The van der Waals surface area contributed by atoms with Crippen molar-refractivity contribution < 1.29 is 134 Å². The van der Waals surface area contributed by atoms with Gasteiger partial charge in [0.25, 0.3) is 11.6 Å². The summed E-state index contributed by atoms with van der Waals surface area (Å²) in [4.78, 5) is 65.9. The number of ether oxygens (including phenoxy) is 21. The molecule has 0 aromatic heterocycles. The molecule has 742 valence electrons. The number of benzene rings is 8. The Bertz CT molecular complexity index is 4930. The standard InChI is InChI=1S/C65H82O14.C44H56O14/c1-9-54(74-47(7)66)45(5)58-44(4)43(3)35-65(78-58,64(68)69-8)79-61-57(67)56(41-71-37-49-24-16-11-17-25-49)76-63(62(61)73-39-51-28-20-13-21-29-51)77-59-46(6)60(72-38-50-26-18-12-19-27-50)55(75-53-32-30-42(2)31-33-53)34-52(59)40-70-36-48-22-14-10-15-23-48;1-8-35(53-29(4)45)27(2)39-28(3)36(54-30(5)46)23-44(57-39,43(48)50-7)58-40-38(47)37(26-51-24-31-15-11-9-12-16-31)56-42(55-34-21-19-33(49-6)20-22-34)41(40)52-25-32-17-13-10-14-18-32/h10-33,43-46,52,54-63,67H,9,34-41H2,1-8H3;9-22,27-28,35-42,47H,8,23-26H2,1-7H3/t43?,44-,45-,46?,52+,54-,55-,56?,57+,58-,59+,60?,61+,62?,63+,65+;27-,28-,35-,36?,37?,38+,39+,40+,41?,42-,44+/m11/s1. The van der Waals surface area contributed by atoms with E-state index >= 15 is 0 Å². The number of rotatable bonds is 43. The molecular weight excluding hydrogens is 1760 g/mol. The second kappa shape index (κ2) is 51.7. The van der Waals surface area contributed by atoms with Crippen molar-refractivity contribution in [2.45, 2.75) is 277 Å². The van der Waals surface area contributed by atoms with Crippen molar-refractivity contribution in [3.8, 4) is 17.2 Å². The Labute approximate surface area is 805 Å². The lowest BCUT2D eigenvalue weighted by Crippen LogP contribution is -2.67. The second-order valence-corrected chi connectivity index (χ2v) is 36.5. The molecule has 27 atom stereocenters. The van der Waals surface area contributed by atoms with Crippen molar-refractivity contribution in [3.05, 3.63) is 269 Å².